The van der Waals surface area contributed by atoms with Crippen LogP contribution in [-0.2, 0) is 19.4 Å². The van der Waals surface area contributed by atoms with Crippen molar-refractivity contribution < 1.29 is 23.2 Å². The van der Waals surface area contributed by atoms with E-state index in [4.69, 9.17) is 13.6 Å². The van der Waals surface area contributed by atoms with Gasteiger partial charge in [0.1, 0.15) is 22.7 Å². The van der Waals surface area contributed by atoms with Crippen molar-refractivity contribution in [2.45, 2.75) is 19.4 Å². The number of furan rings is 1. The molecule has 37 heavy (non-hydrogen) atoms. The van der Waals surface area contributed by atoms with E-state index in [2.05, 4.69) is 17.4 Å². The Labute approximate surface area is 212 Å². The molecule has 0 radical (unpaired) electrons. The number of benzene rings is 3. The van der Waals surface area contributed by atoms with Gasteiger partial charge in [0.05, 0.1) is 18.4 Å². The molecule has 0 unspecified atom stereocenters. The monoisotopic (exact) mass is 493 g/mol. The first-order chi connectivity index (χ1) is 18.1. The Kier molecular flexibility index (Phi) is 6.94. The number of carbonyl (C=O) groups excluding carboxylic acids is 2. The largest absolute Gasteiger partial charge is 0.467 e. The molecular weight excluding hydrogens is 470 g/mol. The molecule has 0 fully saturated rings. The second-order valence-corrected chi connectivity index (χ2v) is 8.44. The van der Waals surface area contributed by atoms with Crippen molar-refractivity contribution >= 4 is 22.8 Å². The molecule has 0 aliphatic heterocycles. The van der Waals surface area contributed by atoms with Gasteiger partial charge in [-0.2, -0.15) is 0 Å². The summed E-state index contributed by atoms with van der Waals surface area (Å²) in [6.45, 7) is 0.144. The van der Waals surface area contributed by atoms with E-state index in [-0.39, 0.29) is 23.4 Å². The van der Waals surface area contributed by atoms with Crippen LogP contribution in [0.3, 0.4) is 0 Å². The van der Waals surface area contributed by atoms with E-state index < -0.39 is 17.5 Å². The minimum absolute atomic E-state index is 0.129. The molecule has 0 aliphatic carbocycles. The maximum absolute atomic E-state index is 13.0. The number of fused-ring (bicyclic) bond motifs is 1. The van der Waals surface area contributed by atoms with Gasteiger partial charge in [-0.15, -0.1) is 0 Å². The second-order valence-electron chi connectivity index (χ2n) is 8.44. The van der Waals surface area contributed by atoms with Crippen LogP contribution in [0.25, 0.3) is 11.0 Å². The van der Waals surface area contributed by atoms with E-state index in [1.165, 1.54) is 24.0 Å². The van der Waals surface area contributed by atoms with Gasteiger partial charge >= 0.3 is 11.6 Å². The first-order valence-corrected chi connectivity index (χ1v) is 11.8. The van der Waals surface area contributed by atoms with Crippen LogP contribution in [0, 0.1) is 0 Å². The molecule has 2 aromatic heterocycles. The number of hydrogen-bond acceptors (Lipinski definition) is 6. The molecule has 3 aromatic carbocycles. The smallest absolute Gasteiger partial charge is 0.349 e. The zero-order chi connectivity index (χ0) is 25.6. The lowest BCUT2D eigenvalue weighted by atomic mass is 10.00. The molecule has 7 heteroatoms. The predicted molar refractivity (Wildman–Crippen MR) is 138 cm³/mol. The number of aryl methyl sites for hydroxylation is 2. The maximum Gasteiger partial charge on any atom is 0.349 e. The Bertz CT molecular complexity index is 1600. The summed E-state index contributed by atoms with van der Waals surface area (Å²) in [5.74, 6) is -0.283. The molecular formula is C30H23NO6. The molecule has 5 aromatic rings. The van der Waals surface area contributed by atoms with E-state index in [1.54, 1.807) is 36.4 Å². The van der Waals surface area contributed by atoms with Gasteiger partial charge in [-0.1, -0.05) is 48.5 Å². The Morgan fingerprint density at radius 3 is 2.43 bits per heavy atom. The lowest BCUT2D eigenvalue weighted by Gasteiger charge is -2.10. The summed E-state index contributed by atoms with van der Waals surface area (Å²) in [6, 6.07) is 27.0. The average Bonchev–Trinajstić information content (AvgIpc) is 3.45. The third kappa shape index (κ3) is 5.67. The molecule has 0 spiro atoms. The first kappa shape index (κ1) is 23.8. The summed E-state index contributed by atoms with van der Waals surface area (Å²) in [4.78, 5) is 37.9. The van der Waals surface area contributed by atoms with E-state index in [0.717, 1.165) is 12.0 Å². The zero-order valence-electron chi connectivity index (χ0n) is 19.8. The number of rotatable bonds is 8. The Hall–Kier alpha value is -4.91. The van der Waals surface area contributed by atoms with Crippen LogP contribution in [0.1, 0.15) is 37.6 Å². The highest BCUT2D eigenvalue weighted by atomic mass is 16.5. The molecule has 2 heterocycles. The number of hydrogen-bond donors (Lipinski definition) is 1. The van der Waals surface area contributed by atoms with Crippen LogP contribution in [0.15, 0.2) is 111 Å². The van der Waals surface area contributed by atoms with Crippen LogP contribution < -0.4 is 15.7 Å². The van der Waals surface area contributed by atoms with E-state index in [9.17, 15) is 14.4 Å². The Balaban J connectivity index is 1.30. The Morgan fingerprint density at radius 1 is 0.811 bits per heavy atom. The summed E-state index contributed by atoms with van der Waals surface area (Å²) >= 11 is 0. The molecule has 0 aliphatic rings. The van der Waals surface area contributed by atoms with E-state index >= 15 is 0 Å². The van der Waals surface area contributed by atoms with Crippen molar-refractivity contribution in [3.8, 4) is 5.75 Å². The quantitative estimate of drug-likeness (QED) is 0.178. The van der Waals surface area contributed by atoms with E-state index in [1.807, 2.05) is 30.3 Å². The first-order valence-electron chi connectivity index (χ1n) is 11.8. The van der Waals surface area contributed by atoms with Crippen LogP contribution in [0.2, 0.25) is 0 Å². The molecule has 0 saturated heterocycles. The van der Waals surface area contributed by atoms with Crippen molar-refractivity contribution in [1.29, 1.82) is 0 Å². The summed E-state index contributed by atoms with van der Waals surface area (Å²) in [7, 11) is 0. The highest BCUT2D eigenvalue weighted by Crippen LogP contribution is 2.23. The standard InChI is InChI=1S/C30H23NO6/c32-28(31-19-24-10-6-16-35-24)26-17-22-14-15-23(18-27(22)37-30(26)34)36-29(33)25-11-5-4-9-21(25)13-12-20-7-2-1-3-8-20/h1-11,14-18H,12-13,19H2,(H,31,32). The third-order valence-electron chi connectivity index (χ3n) is 5.93. The van der Waals surface area contributed by atoms with Gasteiger partial charge in [0.2, 0.25) is 0 Å². The summed E-state index contributed by atoms with van der Waals surface area (Å²) in [5, 5.41) is 3.15. The molecule has 5 rings (SSSR count). The van der Waals surface area contributed by atoms with Crippen molar-refractivity contribution in [1.82, 2.24) is 5.32 Å². The maximum atomic E-state index is 13.0. The van der Waals surface area contributed by atoms with Gasteiger partial charge in [-0.25, -0.2) is 9.59 Å². The fraction of sp³-hybridized carbons (Fsp3) is 0.100. The SMILES string of the molecule is O=C(Oc1ccc2cc(C(=O)NCc3ccco3)c(=O)oc2c1)c1ccccc1CCc1ccccc1. The van der Waals surface area contributed by atoms with Gasteiger partial charge in [0, 0.05) is 11.5 Å². The van der Waals surface area contributed by atoms with Gasteiger partial charge in [0.25, 0.3) is 5.91 Å². The minimum atomic E-state index is -0.792. The molecule has 0 bridgehead atoms. The van der Waals surface area contributed by atoms with Gasteiger partial charge in [-0.3, -0.25) is 4.79 Å². The van der Waals surface area contributed by atoms with Crippen molar-refractivity contribution in [2.24, 2.45) is 0 Å². The highest BCUT2D eigenvalue weighted by Gasteiger charge is 2.17. The second kappa shape index (κ2) is 10.8. The number of carbonyl (C=O) groups is 2. The average molecular weight is 494 g/mol. The van der Waals surface area contributed by atoms with Gasteiger partial charge in [-0.05, 0) is 60.4 Å². The van der Waals surface area contributed by atoms with Crippen LogP contribution in [0.4, 0.5) is 0 Å². The summed E-state index contributed by atoms with van der Waals surface area (Å²) in [6.07, 6.45) is 2.98. The molecule has 0 atom stereocenters. The van der Waals surface area contributed by atoms with Crippen molar-refractivity contribution in [3.05, 3.63) is 136 Å². The number of esters is 1. The predicted octanol–water partition coefficient (Wildman–Crippen LogP) is 5.32. The summed E-state index contributed by atoms with van der Waals surface area (Å²) in [5.41, 5.74) is 1.83. The van der Waals surface area contributed by atoms with Crippen molar-refractivity contribution in [3.63, 3.8) is 0 Å². The molecule has 0 saturated carbocycles. The fourth-order valence-electron chi connectivity index (χ4n) is 4.01. The Morgan fingerprint density at radius 2 is 1.62 bits per heavy atom. The number of nitrogens with one attached hydrogen (secondary N) is 1. The topological polar surface area (TPSA) is 98.8 Å². The highest BCUT2D eigenvalue weighted by molar-refractivity contribution is 5.97. The minimum Gasteiger partial charge on any atom is -0.467 e. The summed E-state index contributed by atoms with van der Waals surface area (Å²) < 4.78 is 16.1. The van der Waals surface area contributed by atoms with Crippen LogP contribution in [0.5, 0.6) is 5.75 Å². The van der Waals surface area contributed by atoms with Gasteiger partial charge < -0.3 is 18.9 Å². The van der Waals surface area contributed by atoms with Crippen LogP contribution >= 0.6 is 0 Å². The van der Waals surface area contributed by atoms with Crippen molar-refractivity contribution in [2.75, 3.05) is 0 Å². The van der Waals surface area contributed by atoms with E-state index in [0.29, 0.717) is 23.1 Å². The normalized spacial score (nSPS) is 10.8. The lowest BCUT2D eigenvalue weighted by molar-refractivity contribution is 0.0733. The molecule has 1 amide bonds. The molecule has 7 nitrogen and oxygen atoms in total. The molecule has 184 valence electrons. The molecule has 1 N–H and O–H groups in total. The number of ether oxygens (including phenoxy) is 1. The van der Waals surface area contributed by atoms with Crippen LogP contribution in [-0.4, -0.2) is 11.9 Å². The van der Waals surface area contributed by atoms with Gasteiger partial charge in [0.15, 0.2) is 0 Å². The third-order valence-corrected chi connectivity index (χ3v) is 5.93. The zero-order valence-corrected chi connectivity index (χ0v) is 19.8. The lowest BCUT2D eigenvalue weighted by Crippen LogP contribution is -2.27. The number of amides is 1. The fourth-order valence-corrected chi connectivity index (χ4v) is 4.01.